The summed E-state index contributed by atoms with van der Waals surface area (Å²) in [4.78, 5) is 0. The Morgan fingerprint density at radius 1 is 0.750 bits per heavy atom. The Kier molecular flexibility index (Phi) is 14.0. The summed E-state index contributed by atoms with van der Waals surface area (Å²) in [5, 5.41) is 11.5. The number of hydrogen-bond donors (Lipinski definition) is 0. The molecule has 0 radical (unpaired) electrons. The second-order valence-electron chi connectivity index (χ2n) is 5.54. The zero-order valence-corrected chi connectivity index (χ0v) is 15.5. The van der Waals surface area contributed by atoms with E-state index in [1.54, 1.807) is 6.07 Å². The van der Waals surface area contributed by atoms with Crippen molar-refractivity contribution in [2.45, 2.75) is 77.6 Å². The first-order valence-electron chi connectivity index (χ1n) is 8.09. The molecule has 0 bridgehead atoms. The summed E-state index contributed by atoms with van der Waals surface area (Å²) in [7, 11) is 0. The molecule has 0 saturated heterocycles. The van der Waals surface area contributed by atoms with E-state index in [1.165, 1.54) is 57.8 Å². The SMILES string of the molecule is CCCCCCCCCCCCc1ccccc1[O-].[Na+]. The third-order valence-corrected chi connectivity index (χ3v) is 3.77. The van der Waals surface area contributed by atoms with Gasteiger partial charge in [0.15, 0.2) is 0 Å². The molecule has 0 unspecified atom stereocenters. The molecule has 1 nitrogen and oxygen atoms in total. The number of hydrogen-bond acceptors (Lipinski definition) is 1. The molecule has 0 saturated carbocycles. The van der Waals surface area contributed by atoms with Gasteiger partial charge in [-0.15, -0.1) is 5.75 Å². The predicted octanol–water partition coefficient (Wildman–Crippen LogP) is 2.23. The third kappa shape index (κ3) is 9.85. The molecule has 0 heterocycles. The van der Waals surface area contributed by atoms with E-state index >= 15 is 0 Å². The first-order valence-corrected chi connectivity index (χ1v) is 8.09. The van der Waals surface area contributed by atoms with Gasteiger partial charge in [-0.1, -0.05) is 94.5 Å². The number of unbranched alkanes of at least 4 members (excludes halogenated alkanes) is 9. The van der Waals surface area contributed by atoms with Crippen LogP contribution in [-0.2, 0) is 6.42 Å². The van der Waals surface area contributed by atoms with Gasteiger partial charge in [-0.3, -0.25) is 0 Å². The Bertz CT molecular complexity index is 325. The summed E-state index contributed by atoms with van der Waals surface area (Å²) in [5.41, 5.74) is 0.988. The van der Waals surface area contributed by atoms with Crippen molar-refractivity contribution in [2.75, 3.05) is 0 Å². The van der Waals surface area contributed by atoms with Gasteiger partial charge < -0.3 is 5.11 Å². The zero-order valence-electron chi connectivity index (χ0n) is 13.5. The molecule has 0 amide bonds. The molecule has 0 aliphatic heterocycles. The fraction of sp³-hybridized carbons (Fsp3) is 0.667. The first kappa shape index (κ1) is 20.0. The molecule has 0 aliphatic rings. The average molecular weight is 284 g/mol. The van der Waals surface area contributed by atoms with E-state index in [9.17, 15) is 5.11 Å². The standard InChI is InChI=1S/C18H30O.Na/c1-2-3-4-5-6-7-8-9-10-11-14-17-15-12-13-16-18(17)19;/h12-13,15-16,19H,2-11,14H2,1H3;/q;+1/p-1. The third-order valence-electron chi connectivity index (χ3n) is 3.77. The molecule has 0 spiro atoms. The average Bonchev–Trinajstić information content (AvgIpc) is 2.43. The predicted molar refractivity (Wildman–Crippen MR) is 81.4 cm³/mol. The Morgan fingerprint density at radius 2 is 1.25 bits per heavy atom. The largest absolute Gasteiger partial charge is 1.00 e. The monoisotopic (exact) mass is 284 g/mol. The number of aryl methyl sites for hydroxylation is 1. The second kappa shape index (κ2) is 14.0. The molecule has 20 heavy (non-hydrogen) atoms. The zero-order chi connectivity index (χ0) is 13.8. The van der Waals surface area contributed by atoms with Gasteiger partial charge in [0, 0.05) is 0 Å². The quantitative estimate of drug-likeness (QED) is 0.451. The second-order valence-corrected chi connectivity index (χ2v) is 5.54. The molecule has 1 rings (SSSR count). The van der Waals surface area contributed by atoms with E-state index in [0.29, 0.717) is 0 Å². The van der Waals surface area contributed by atoms with Crippen molar-refractivity contribution in [1.29, 1.82) is 0 Å². The van der Waals surface area contributed by atoms with Crippen LogP contribution in [0.4, 0.5) is 0 Å². The molecule has 1 aromatic rings. The molecular formula is C18H29NaO. The van der Waals surface area contributed by atoms with E-state index in [2.05, 4.69) is 6.92 Å². The Morgan fingerprint density at radius 3 is 1.80 bits per heavy atom. The first-order chi connectivity index (χ1) is 9.34. The maximum absolute atomic E-state index is 11.5. The molecule has 0 aliphatic carbocycles. The van der Waals surface area contributed by atoms with Gasteiger partial charge in [-0.25, -0.2) is 0 Å². The van der Waals surface area contributed by atoms with E-state index in [1.807, 2.05) is 18.2 Å². The van der Waals surface area contributed by atoms with Crippen molar-refractivity contribution in [1.82, 2.24) is 0 Å². The summed E-state index contributed by atoms with van der Waals surface area (Å²) in [6, 6.07) is 7.43. The van der Waals surface area contributed by atoms with Crippen LogP contribution in [0.2, 0.25) is 0 Å². The number of rotatable bonds is 11. The fourth-order valence-electron chi connectivity index (χ4n) is 2.51. The van der Waals surface area contributed by atoms with Gasteiger partial charge in [0.1, 0.15) is 0 Å². The van der Waals surface area contributed by atoms with Crippen LogP contribution in [0.15, 0.2) is 24.3 Å². The Labute approximate surface area is 147 Å². The molecular weight excluding hydrogens is 255 g/mol. The molecule has 0 N–H and O–H groups in total. The van der Waals surface area contributed by atoms with Crippen LogP contribution in [-0.4, -0.2) is 0 Å². The van der Waals surface area contributed by atoms with Crippen LogP contribution in [0.25, 0.3) is 0 Å². The van der Waals surface area contributed by atoms with Crippen molar-refractivity contribution in [3.05, 3.63) is 29.8 Å². The van der Waals surface area contributed by atoms with Crippen molar-refractivity contribution in [3.63, 3.8) is 0 Å². The summed E-state index contributed by atoms with van der Waals surface area (Å²) < 4.78 is 0. The summed E-state index contributed by atoms with van der Waals surface area (Å²) in [6.07, 6.45) is 14.4. The summed E-state index contributed by atoms with van der Waals surface area (Å²) in [5.74, 6) is 0.207. The van der Waals surface area contributed by atoms with Gasteiger partial charge in [0.05, 0.1) is 0 Å². The Balaban J connectivity index is 0.00000361. The smallest absolute Gasteiger partial charge is 0.872 e. The van der Waals surface area contributed by atoms with Crippen LogP contribution in [0.1, 0.15) is 76.7 Å². The summed E-state index contributed by atoms with van der Waals surface area (Å²) >= 11 is 0. The molecule has 2 heteroatoms. The molecule has 0 atom stereocenters. The van der Waals surface area contributed by atoms with Gasteiger partial charge in [0.25, 0.3) is 0 Å². The minimum Gasteiger partial charge on any atom is -0.872 e. The van der Waals surface area contributed by atoms with Crippen LogP contribution < -0.4 is 34.7 Å². The van der Waals surface area contributed by atoms with Gasteiger partial charge in [0.2, 0.25) is 0 Å². The molecule has 0 aromatic heterocycles. The number of benzene rings is 1. The Hall–Kier alpha value is 0.0200. The minimum absolute atomic E-state index is 0. The van der Waals surface area contributed by atoms with Crippen molar-refractivity contribution in [2.24, 2.45) is 0 Å². The van der Waals surface area contributed by atoms with Crippen LogP contribution in [0.3, 0.4) is 0 Å². The molecule has 1 aromatic carbocycles. The fourth-order valence-corrected chi connectivity index (χ4v) is 2.51. The van der Waals surface area contributed by atoms with E-state index < -0.39 is 0 Å². The number of para-hydroxylation sites is 1. The summed E-state index contributed by atoms with van der Waals surface area (Å²) in [6.45, 7) is 2.26. The van der Waals surface area contributed by atoms with Crippen molar-refractivity contribution in [3.8, 4) is 5.75 Å². The van der Waals surface area contributed by atoms with Gasteiger partial charge in [-0.2, -0.15) is 0 Å². The minimum atomic E-state index is 0. The topological polar surface area (TPSA) is 23.1 Å². The van der Waals surface area contributed by atoms with E-state index in [-0.39, 0.29) is 35.3 Å². The van der Waals surface area contributed by atoms with E-state index in [4.69, 9.17) is 0 Å². The van der Waals surface area contributed by atoms with Crippen LogP contribution in [0.5, 0.6) is 5.75 Å². The normalized spacial score (nSPS) is 10.2. The van der Waals surface area contributed by atoms with Crippen LogP contribution >= 0.6 is 0 Å². The maximum Gasteiger partial charge on any atom is 1.00 e. The van der Waals surface area contributed by atoms with Gasteiger partial charge in [-0.05, 0) is 12.8 Å². The van der Waals surface area contributed by atoms with Crippen LogP contribution in [0, 0.1) is 0 Å². The van der Waals surface area contributed by atoms with Crippen molar-refractivity contribution >= 4 is 0 Å². The van der Waals surface area contributed by atoms with E-state index in [0.717, 1.165) is 18.4 Å². The maximum atomic E-state index is 11.5. The van der Waals surface area contributed by atoms with Crippen molar-refractivity contribution < 1.29 is 34.7 Å². The molecule has 0 fully saturated rings. The van der Waals surface area contributed by atoms with Gasteiger partial charge >= 0.3 is 29.6 Å². The molecule has 108 valence electrons.